The minimum Gasteiger partial charge on any atom is -0.465 e. The summed E-state index contributed by atoms with van der Waals surface area (Å²) in [4.78, 5) is 27.2. The molecule has 150 valence electrons. The van der Waals surface area contributed by atoms with Gasteiger partial charge in [0.2, 0.25) is 0 Å². The smallest absolute Gasteiger partial charge is 0.340 e. The summed E-state index contributed by atoms with van der Waals surface area (Å²) in [7, 11) is 1.34. The van der Waals surface area contributed by atoms with Crippen molar-refractivity contribution in [2.75, 3.05) is 20.3 Å². The van der Waals surface area contributed by atoms with Gasteiger partial charge in [-0.1, -0.05) is 45.0 Å². The van der Waals surface area contributed by atoms with Gasteiger partial charge in [0, 0.05) is 12.3 Å². The highest BCUT2D eigenvalue weighted by molar-refractivity contribution is 6.16. The van der Waals surface area contributed by atoms with Gasteiger partial charge < -0.3 is 14.4 Å². The summed E-state index contributed by atoms with van der Waals surface area (Å²) in [6.07, 6.45) is 3.73. The normalized spacial score (nSPS) is 21.8. The molecule has 2 aliphatic rings. The van der Waals surface area contributed by atoms with Gasteiger partial charge in [-0.2, -0.15) is 0 Å². The van der Waals surface area contributed by atoms with Gasteiger partial charge in [0.1, 0.15) is 0 Å². The van der Waals surface area contributed by atoms with Crippen molar-refractivity contribution >= 4 is 18.0 Å². The topological polar surface area (TPSA) is 55.8 Å². The number of carbonyl (C=O) groups is 2. The van der Waals surface area contributed by atoms with E-state index in [9.17, 15) is 9.59 Å². The second-order valence-electron chi connectivity index (χ2n) is 8.43. The van der Waals surface area contributed by atoms with Gasteiger partial charge in [-0.15, -0.1) is 0 Å². The Kier molecular flexibility index (Phi) is 5.75. The average molecular weight is 383 g/mol. The molecule has 0 aliphatic carbocycles. The standard InChI is InChI=1S/C23H29NO4/c1-15-20(22(26)27-5)19(21(25)24(15)14-18-7-6-12-28-18)13-16-8-10-17(11-9-16)23(2,3)4/h8-11,13,18H,6-7,12,14H2,1-5H3/b19-13-/t18-/m1/s1. The van der Waals surface area contributed by atoms with E-state index in [1.165, 1.54) is 12.7 Å². The zero-order valence-corrected chi connectivity index (χ0v) is 17.4. The molecule has 0 unspecified atom stereocenters. The maximum Gasteiger partial charge on any atom is 0.340 e. The molecule has 0 radical (unpaired) electrons. The maximum absolute atomic E-state index is 13.1. The predicted molar refractivity (Wildman–Crippen MR) is 109 cm³/mol. The van der Waals surface area contributed by atoms with Crippen LogP contribution in [0.5, 0.6) is 0 Å². The van der Waals surface area contributed by atoms with Crippen LogP contribution in [0.15, 0.2) is 41.1 Å². The van der Waals surface area contributed by atoms with E-state index in [1.54, 1.807) is 17.9 Å². The second-order valence-corrected chi connectivity index (χ2v) is 8.43. The minimum absolute atomic E-state index is 0.0169. The molecule has 0 saturated carbocycles. The van der Waals surface area contributed by atoms with Gasteiger partial charge in [-0.05, 0) is 42.4 Å². The fraction of sp³-hybridized carbons (Fsp3) is 0.478. The lowest BCUT2D eigenvalue weighted by Crippen LogP contribution is -2.33. The van der Waals surface area contributed by atoms with Crippen LogP contribution in [-0.2, 0) is 24.5 Å². The Balaban J connectivity index is 1.94. The van der Waals surface area contributed by atoms with Crippen molar-refractivity contribution in [3.8, 4) is 0 Å². The first-order valence-corrected chi connectivity index (χ1v) is 9.77. The zero-order chi connectivity index (χ0) is 20.5. The SMILES string of the molecule is COC(=O)C1=C(C)N(C[C@H]2CCCO2)C(=O)/C1=C\c1ccc(C(C)(C)C)cc1. The molecule has 1 saturated heterocycles. The summed E-state index contributed by atoms with van der Waals surface area (Å²) >= 11 is 0. The molecule has 5 nitrogen and oxygen atoms in total. The van der Waals surface area contributed by atoms with Crippen LogP contribution in [-0.4, -0.2) is 43.1 Å². The summed E-state index contributed by atoms with van der Waals surface area (Å²) in [6.45, 7) is 9.46. The molecule has 5 heteroatoms. The molecule has 0 bridgehead atoms. The second kappa shape index (κ2) is 7.92. The number of esters is 1. The summed E-state index contributed by atoms with van der Waals surface area (Å²) in [5.74, 6) is -0.661. The van der Waals surface area contributed by atoms with E-state index in [1.807, 2.05) is 12.1 Å². The highest BCUT2D eigenvalue weighted by atomic mass is 16.5. The number of rotatable bonds is 4. The molecule has 1 fully saturated rings. The lowest BCUT2D eigenvalue weighted by Gasteiger charge is -2.21. The number of allylic oxidation sites excluding steroid dienone is 1. The average Bonchev–Trinajstić information content (AvgIpc) is 3.24. The Bertz CT molecular complexity index is 821. The Morgan fingerprint density at radius 2 is 1.96 bits per heavy atom. The fourth-order valence-electron chi connectivity index (χ4n) is 3.69. The van der Waals surface area contributed by atoms with E-state index in [-0.39, 0.29) is 17.4 Å². The summed E-state index contributed by atoms with van der Waals surface area (Å²) in [6, 6.07) is 8.08. The molecule has 0 N–H and O–H groups in total. The van der Waals surface area contributed by atoms with Crippen LogP contribution in [0.4, 0.5) is 0 Å². The summed E-state index contributed by atoms with van der Waals surface area (Å²) in [5, 5.41) is 0. The van der Waals surface area contributed by atoms with Crippen LogP contribution in [0.2, 0.25) is 0 Å². The van der Waals surface area contributed by atoms with Crippen LogP contribution in [0.1, 0.15) is 51.7 Å². The van der Waals surface area contributed by atoms with Crippen molar-refractivity contribution in [2.45, 2.75) is 52.1 Å². The van der Waals surface area contributed by atoms with E-state index < -0.39 is 5.97 Å². The third kappa shape index (κ3) is 4.04. The van der Waals surface area contributed by atoms with Gasteiger partial charge >= 0.3 is 5.97 Å². The van der Waals surface area contributed by atoms with Crippen molar-refractivity contribution in [3.63, 3.8) is 0 Å². The Morgan fingerprint density at radius 3 is 2.50 bits per heavy atom. The van der Waals surface area contributed by atoms with E-state index in [0.29, 0.717) is 23.4 Å². The molecule has 28 heavy (non-hydrogen) atoms. The molecular weight excluding hydrogens is 354 g/mol. The first-order valence-electron chi connectivity index (χ1n) is 9.77. The fourth-order valence-corrected chi connectivity index (χ4v) is 3.69. The van der Waals surface area contributed by atoms with E-state index in [4.69, 9.17) is 9.47 Å². The van der Waals surface area contributed by atoms with E-state index in [0.717, 1.165) is 25.0 Å². The number of methoxy groups -OCH3 is 1. The highest BCUT2D eigenvalue weighted by Crippen LogP contribution is 2.33. The summed E-state index contributed by atoms with van der Waals surface area (Å²) < 4.78 is 10.6. The Hall–Kier alpha value is -2.40. The van der Waals surface area contributed by atoms with E-state index >= 15 is 0 Å². The van der Waals surface area contributed by atoms with Crippen molar-refractivity contribution in [1.82, 2.24) is 4.90 Å². The number of hydrogen-bond acceptors (Lipinski definition) is 4. The lowest BCUT2D eigenvalue weighted by atomic mass is 9.86. The Morgan fingerprint density at radius 1 is 1.29 bits per heavy atom. The molecule has 1 aromatic carbocycles. The van der Waals surface area contributed by atoms with Crippen molar-refractivity contribution in [2.24, 2.45) is 0 Å². The maximum atomic E-state index is 13.1. The molecular formula is C23H29NO4. The largest absolute Gasteiger partial charge is 0.465 e. The lowest BCUT2D eigenvalue weighted by molar-refractivity contribution is -0.136. The van der Waals surface area contributed by atoms with Crippen LogP contribution in [0.3, 0.4) is 0 Å². The quantitative estimate of drug-likeness (QED) is 0.586. The van der Waals surface area contributed by atoms with Crippen LogP contribution < -0.4 is 0 Å². The number of nitrogens with zero attached hydrogens (tertiary/aromatic N) is 1. The number of hydrogen-bond donors (Lipinski definition) is 0. The molecule has 1 amide bonds. The molecule has 2 heterocycles. The molecule has 2 aliphatic heterocycles. The third-order valence-corrected chi connectivity index (χ3v) is 5.40. The van der Waals surface area contributed by atoms with Gasteiger partial charge in [0.25, 0.3) is 5.91 Å². The van der Waals surface area contributed by atoms with Crippen LogP contribution in [0, 0.1) is 0 Å². The first kappa shape index (κ1) is 20.3. The zero-order valence-electron chi connectivity index (χ0n) is 17.4. The highest BCUT2D eigenvalue weighted by Gasteiger charge is 2.38. The number of ether oxygens (including phenoxy) is 2. The van der Waals surface area contributed by atoms with Crippen molar-refractivity contribution < 1.29 is 19.1 Å². The van der Waals surface area contributed by atoms with Crippen LogP contribution >= 0.6 is 0 Å². The number of amides is 1. The monoisotopic (exact) mass is 383 g/mol. The summed E-state index contributed by atoms with van der Waals surface area (Å²) in [5.41, 5.74) is 3.50. The Labute approximate surface area is 167 Å². The molecule has 1 atom stereocenters. The number of benzene rings is 1. The van der Waals surface area contributed by atoms with Crippen molar-refractivity contribution in [3.05, 3.63) is 52.2 Å². The molecule has 0 aromatic heterocycles. The van der Waals surface area contributed by atoms with Gasteiger partial charge in [0.05, 0.1) is 30.9 Å². The van der Waals surface area contributed by atoms with E-state index in [2.05, 4.69) is 32.9 Å². The molecule has 1 aromatic rings. The van der Waals surface area contributed by atoms with Crippen LogP contribution in [0.25, 0.3) is 6.08 Å². The van der Waals surface area contributed by atoms with Gasteiger partial charge in [-0.3, -0.25) is 4.79 Å². The third-order valence-electron chi connectivity index (χ3n) is 5.40. The van der Waals surface area contributed by atoms with Gasteiger partial charge in [0.15, 0.2) is 0 Å². The molecule has 3 rings (SSSR count). The minimum atomic E-state index is -0.488. The predicted octanol–water partition coefficient (Wildman–Crippen LogP) is 3.84. The number of carbonyl (C=O) groups excluding carboxylic acids is 2. The first-order chi connectivity index (χ1) is 13.2. The molecule has 0 spiro atoms. The van der Waals surface area contributed by atoms with Gasteiger partial charge in [-0.25, -0.2) is 4.79 Å². The van der Waals surface area contributed by atoms with Crippen molar-refractivity contribution in [1.29, 1.82) is 0 Å².